The molecule has 5 nitrogen and oxygen atoms in total. The normalized spacial score (nSPS) is 21.0. The van der Waals surface area contributed by atoms with Crippen molar-refractivity contribution in [1.82, 2.24) is 10.2 Å². The van der Waals surface area contributed by atoms with Crippen molar-refractivity contribution in [2.45, 2.75) is 46.5 Å². The van der Waals surface area contributed by atoms with Crippen molar-refractivity contribution in [3.8, 4) is 0 Å². The fraction of sp³-hybridized carbons (Fsp3) is 0.579. The fourth-order valence-electron chi connectivity index (χ4n) is 3.39. The van der Waals surface area contributed by atoms with Crippen molar-refractivity contribution >= 4 is 12.0 Å². The number of aliphatic carboxylic acids is 1. The van der Waals surface area contributed by atoms with Crippen LogP contribution >= 0.6 is 0 Å². The SMILES string of the molecule is Cc1ccc(C(C)(C)CNC(=O)N2CCC(C)(C(=O)O)C2)c(C)c1. The number of carbonyl (C=O) groups is 2. The molecule has 0 saturated carbocycles. The van der Waals surface area contributed by atoms with Crippen LogP contribution in [0, 0.1) is 19.3 Å². The Labute approximate surface area is 144 Å². The number of carboxylic acid groups (broad SMARTS) is 1. The number of nitrogens with one attached hydrogen (secondary N) is 1. The first kappa shape index (κ1) is 18.3. The smallest absolute Gasteiger partial charge is 0.317 e. The molecule has 24 heavy (non-hydrogen) atoms. The molecular weight excluding hydrogens is 304 g/mol. The first-order valence-electron chi connectivity index (χ1n) is 8.39. The van der Waals surface area contributed by atoms with Gasteiger partial charge in [0.1, 0.15) is 0 Å². The predicted molar refractivity (Wildman–Crippen MR) is 94.3 cm³/mol. The molecule has 1 aliphatic heterocycles. The molecule has 1 unspecified atom stereocenters. The van der Waals surface area contributed by atoms with Gasteiger partial charge in [-0.15, -0.1) is 0 Å². The third kappa shape index (κ3) is 3.71. The first-order valence-corrected chi connectivity index (χ1v) is 8.39. The van der Waals surface area contributed by atoms with Gasteiger partial charge in [-0.25, -0.2) is 4.79 Å². The summed E-state index contributed by atoms with van der Waals surface area (Å²) in [5.74, 6) is -0.839. The van der Waals surface area contributed by atoms with Gasteiger partial charge in [-0.2, -0.15) is 0 Å². The summed E-state index contributed by atoms with van der Waals surface area (Å²) in [4.78, 5) is 25.3. The molecule has 1 fully saturated rings. The van der Waals surface area contributed by atoms with Crippen LogP contribution in [0.3, 0.4) is 0 Å². The number of aryl methyl sites for hydroxylation is 2. The maximum absolute atomic E-state index is 12.4. The second kappa shape index (κ2) is 6.46. The van der Waals surface area contributed by atoms with E-state index in [0.29, 0.717) is 19.5 Å². The van der Waals surface area contributed by atoms with E-state index in [4.69, 9.17) is 0 Å². The van der Waals surface area contributed by atoms with Gasteiger partial charge in [0.15, 0.2) is 0 Å². The van der Waals surface area contributed by atoms with E-state index in [9.17, 15) is 14.7 Å². The number of hydrogen-bond donors (Lipinski definition) is 2. The number of carbonyl (C=O) groups excluding carboxylic acids is 1. The second-order valence-corrected chi connectivity index (χ2v) is 7.90. The molecule has 0 bridgehead atoms. The molecule has 2 rings (SSSR count). The van der Waals surface area contributed by atoms with Gasteiger partial charge < -0.3 is 15.3 Å². The number of benzene rings is 1. The highest BCUT2D eigenvalue weighted by Crippen LogP contribution is 2.30. The Morgan fingerprint density at radius 1 is 1.33 bits per heavy atom. The molecule has 2 amide bonds. The summed E-state index contributed by atoms with van der Waals surface area (Å²) >= 11 is 0. The van der Waals surface area contributed by atoms with Crippen molar-refractivity contribution in [2.75, 3.05) is 19.6 Å². The van der Waals surface area contributed by atoms with Crippen molar-refractivity contribution in [3.63, 3.8) is 0 Å². The van der Waals surface area contributed by atoms with E-state index >= 15 is 0 Å². The maximum Gasteiger partial charge on any atom is 0.317 e. The van der Waals surface area contributed by atoms with Gasteiger partial charge >= 0.3 is 12.0 Å². The quantitative estimate of drug-likeness (QED) is 0.890. The molecular formula is C19H28N2O3. The third-order valence-electron chi connectivity index (χ3n) is 5.07. The van der Waals surface area contributed by atoms with E-state index in [2.05, 4.69) is 51.2 Å². The molecule has 1 atom stereocenters. The minimum Gasteiger partial charge on any atom is -0.481 e. The summed E-state index contributed by atoms with van der Waals surface area (Å²) in [5.41, 5.74) is 2.63. The zero-order chi connectivity index (χ0) is 18.1. The molecule has 1 heterocycles. The highest BCUT2D eigenvalue weighted by molar-refractivity contribution is 5.79. The summed E-state index contributed by atoms with van der Waals surface area (Å²) in [5, 5.41) is 12.3. The minimum atomic E-state index is -0.839. The monoisotopic (exact) mass is 332 g/mol. The Hall–Kier alpha value is -2.04. The number of nitrogens with zero attached hydrogens (tertiary/aromatic N) is 1. The second-order valence-electron chi connectivity index (χ2n) is 7.90. The van der Waals surface area contributed by atoms with Crippen LogP contribution in [0.25, 0.3) is 0 Å². The number of amides is 2. The summed E-state index contributed by atoms with van der Waals surface area (Å²) in [7, 11) is 0. The van der Waals surface area contributed by atoms with E-state index in [1.165, 1.54) is 16.7 Å². The number of hydrogen-bond acceptors (Lipinski definition) is 2. The van der Waals surface area contributed by atoms with Gasteiger partial charge in [-0.1, -0.05) is 37.6 Å². The average Bonchev–Trinajstić information content (AvgIpc) is 2.88. The lowest BCUT2D eigenvalue weighted by molar-refractivity contribution is -0.147. The number of rotatable bonds is 4. The molecule has 1 aliphatic rings. The van der Waals surface area contributed by atoms with Crippen molar-refractivity contribution in [1.29, 1.82) is 0 Å². The predicted octanol–water partition coefficient (Wildman–Crippen LogP) is 3.09. The van der Waals surface area contributed by atoms with E-state index in [1.54, 1.807) is 11.8 Å². The molecule has 0 aromatic heterocycles. The lowest BCUT2D eigenvalue weighted by Crippen LogP contribution is -2.45. The first-order chi connectivity index (χ1) is 11.0. The van der Waals surface area contributed by atoms with Gasteiger partial charge in [0, 0.05) is 25.0 Å². The molecule has 132 valence electrons. The van der Waals surface area contributed by atoms with Gasteiger partial charge in [0.05, 0.1) is 5.41 Å². The lowest BCUT2D eigenvalue weighted by atomic mass is 9.81. The van der Waals surface area contributed by atoms with Crippen LogP contribution in [0.2, 0.25) is 0 Å². The molecule has 2 N–H and O–H groups in total. The van der Waals surface area contributed by atoms with E-state index < -0.39 is 11.4 Å². The van der Waals surface area contributed by atoms with Crippen LogP contribution in [-0.2, 0) is 10.2 Å². The lowest BCUT2D eigenvalue weighted by Gasteiger charge is -2.29. The largest absolute Gasteiger partial charge is 0.481 e. The topological polar surface area (TPSA) is 69.6 Å². The maximum atomic E-state index is 12.4. The number of urea groups is 1. The summed E-state index contributed by atoms with van der Waals surface area (Å²) in [6.45, 7) is 11.3. The van der Waals surface area contributed by atoms with Gasteiger partial charge in [-0.05, 0) is 38.3 Å². The van der Waals surface area contributed by atoms with Crippen molar-refractivity contribution in [3.05, 3.63) is 34.9 Å². The zero-order valence-electron chi connectivity index (χ0n) is 15.3. The molecule has 1 aromatic rings. The Morgan fingerprint density at radius 2 is 2.00 bits per heavy atom. The fourth-order valence-corrected chi connectivity index (χ4v) is 3.39. The molecule has 0 spiro atoms. The van der Waals surface area contributed by atoms with Crippen LogP contribution in [0.4, 0.5) is 4.79 Å². The Balaban J connectivity index is 1.99. The molecule has 0 aliphatic carbocycles. The van der Waals surface area contributed by atoms with Crippen LogP contribution in [-0.4, -0.2) is 41.6 Å². The van der Waals surface area contributed by atoms with E-state index in [-0.39, 0.29) is 18.0 Å². The molecule has 1 saturated heterocycles. The molecule has 0 radical (unpaired) electrons. The molecule has 1 aromatic carbocycles. The van der Waals surface area contributed by atoms with Gasteiger partial charge in [0.25, 0.3) is 0 Å². The summed E-state index contributed by atoms with van der Waals surface area (Å²) in [6, 6.07) is 6.18. The van der Waals surface area contributed by atoms with Crippen LogP contribution in [0.15, 0.2) is 18.2 Å². The van der Waals surface area contributed by atoms with Gasteiger partial charge in [-0.3, -0.25) is 4.79 Å². The average molecular weight is 332 g/mol. The van der Waals surface area contributed by atoms with Crippen LogP contribution in [0.5, 0.6) is 0 Å². The summed E-state index contributed by atoms with van der Waals surface area (Å²) < 4.78 is 0. The Morgan fingerprint density at radius 3 is 2.54 bits per heavy atom. The summed E-state index contributed by atoms with van der Waals surface area (Å²) in [6.07, 6.45) is 0.496. The van der Waals surface area contributed by atoms with Crippen LogP contribution < -0.4 is 5.32 Å². The standard InChI is InChI=1S/C19H28N2O3/c1-13-6-7-15(14(2)10-13)18(3,4)11-20-17(24)21-9-8-19(5,12-21)16(22)23/h6-7,10H,8-9,11-12H2,1-5H3,(H,20,24)(H,22,23). The van der Waals surface area contributed by atoms with Crippen molar-refractivity contribution in [2.24, 2.45) is 5.41 Å². The zero-order valence-corrected chi connectivity index (χ0v) is 15.3. The Kier molecular flexibility index (Phi) is 4.92. The highest BCUT2D eigenvalue weighted by Gasteiger charge is 2.42. The van der Waals surface area contributed by atoms with Crippen molar-refractivity contribution < 1.29 is 14.7 Å². The van der Waals surface area contributed by atoms with Crippen LogP contribution in [0.1, 0.15) is 43.9 Å². The third-order valence-corrected chi connectivity index (χ3v) is 5.07. The van der Waals surface area contributed by atoms with Gasteiger partial charge in [0.2, 0.25) is 0 Å². The Bertz CT molecular complexity index is 654. The minimum absolute atomic E-state index is 0.183. The van der Waals surface area contributed by atoms with E-state index in [0.717, 1.165) is 0 Å². The van der Waals surface area contributed by atoms with E-state index in [1.807, 2.05) is 0 Å². The molecule has 5 heteroatoms. The number of likely N-dealkylation sites (tertiary alicyclic amines) is 1. The highest BCUT2D eigenvalue weighted by atomic mass is 16.4. The number of carboxylic acids is 1.